The monoisotopic (exact) mass is 802 g/mol. The van der Waals surface area contributed by atoms with E-state index in [0.29, 0.717) is 12.1 Å². The van der Waals surface area contributed by atoms with E-state index in [1.807, 2.05) is 25.5 Å². The van der Waals surface area contributed by atoms with Crippen molar-refractivity contribution < 1.29 is 0 Å². The minimum absolute atomic E-state index is 0.357. The zero-order chi connectivity index (χ0) is 40.7. The number of nitrogens with zero attached hydrogens (tertiary/aromatic N) is 8. The van der Waals surface area contributed by atoms with Crippen molar-refractivity contribution in [1.82, 2.24) is 59.6 Å². The molecule has 2 fully saturated rings. The summed E-state index contributed by atoms with van der Waals surface area (Å²) in [5, 5.41) is 11.9. The van der Waals surface area contributed by atoms with Gasteiger partial charge in [-0.3, -0.25) is 0 Å². The lowest BCUT2D eigenvalue weighted by atomic mass is 10.0. The third-order valence-electron chi connectivity index (χ3n) is 12.4. The van der Waals surface area contributed by atoms with Gasteiger partial charge in [0.15, 0.2) is 28.8 Å². The molecule has 8 heterocycles. The van der Waals surface area contributed by atoms with Gasteiger partial charge in [0, 0.05) is 53.7 Å². The number of imidazole rings is 4. The maximum absolute atomic E-state index is 5.15. The lowest BCUT2D eigenvalue weighted by Gasteiger charge is -2.25. The Bertz CT molecular complexity index is 3140. The van der Waals surface area contributed by atoms with Crippen molar-refractivity contribution >= 4 is 43.9 Å². The topological polar surface area (TPSA) is 143 Å². The minimum atomic E-state index is 0.357. The fourth-order valence-electron chi connectivity index (χ4n) is 9.29. The highest BCUT2D eigenvalue weighted by Gasteiger charge is 2.27. The predicted molar refractivity (Wildman–Crippen MR) is 243 cm³/mol. The van der Waals surface area contributed by atoms with E-state index in [9.17, 15) is 0 Å². The molecule has 0 amide bonds. The van der Waals surface area contributed by atoms with Crippen molar-refractivity contribution in [2.24, 2.45) is 0 Å². The maximum Gasteiger partial charge on any atom is 0.178 e. The summed E-state index contributed by atoms with van der Waals surface area (Å²) in [6, 6.07) is 34.9. The van der Waals surface area contributed by atoms with Crippen molar-refractivity contribution in [1.29, 1.82) is 0 Å². The molecule has 0 spiro atoms. The highest BCUT2D eigenvalue weighted by atomic mass is 15.2. The van der Waals surface area contributed by atoms with Gasteiger partial charge < -0.3 is 29.7 Å². The van der Waals surface area contributed by atoms with Crippen LogP contribution in [0.15, 0.2) is 128 Å². The van der Waals surface area contributed by atoms with Crippen molar-refractivity contribution in [3.8, 4) is 45.4 Å². The molecular formula is C49H46N12. The molecule has 0 aliphatic carbocycles. The largest absolute Gasteiger partial charge is 0.348 e. The number of piperidine rings is 2. The van der Waals surface area contributed by atoms with E-state index in [1.165, 1.54) is 21.5 Å². The molecule has 0 unspecified atom stereocenters. The van der Waals surface area contributed by atoms with Crippen LogP contribution in [0, 0.1) is 6.92 Å². The third kappa shape index (κ3) is 6.83. The Morgan fingerprint density at radius 3 is 1.56 bits per heavy atom. The van der Waals surface area contributed by atoms with Crippen LogP contribution in [0.25, 0.3) is 89.3 Å². The summed E-state index contributed by atoms with van der Waals surface area (Å²) in [5.41, 5.74) is 10.2. The zero-order valence-corrected chi connectivity index (χ0v) is 34.0. The second-order valence-corrected chi connectivity index (χ2v) is 16.1. The van der Waals surface area contributed by atoms with Gasteiger partial charge in [-0.1, -0.05) is 72.8 Å². The van der Waals surface area contributed by atoms with Gasteiger partial charge in [-0.05, 0) is 116 Å². The summed E-state index contributed by atoms with van der Waals surface area (Å²) in [4.78, 5) is 35.3. The Kier molecular flexibility index (Phi) is 9.63. The molecule has 4 N–H and O–H groups in total. The Labute approximate surface area is 352 Å². The van der Waals surface area contributed by atoms with E-state index in [4.69, 9.17) is 19.9 Å². The first-order valence-electron chi connectivity index (χ1n) is 21.3. The summed E-state index contributed by atoms with van der Waals surface area (Å²) in [6.07, 6.45) is 13.4. The molecule has 10 aromatic rings. The molecule has 61 heavy (non-hydrogen) atoms. The average Bonchev–Trinajstić information content (AvgIpc) is 4.15. The van der Waals surface area contributed by atoms with Crippen LogP contribution in [-0.2, 0) is 0 Å². The molecule has 0 atom stereocenters. The lowest BCUT2D eigenvalue weighted by Crippen LogP contribution is -2.29. The number of hydrogen-bond acceptors (Lipinski definition) is 8. The van der Waals surface area contributed by atoms with Gasteiger partial charge in [0.05, 0.1) is 6.33 Å². The quantitative estimate of drug-likeness (QED) is 0.130. The molecule has 4 aromatic carbocycles. The van der Waals surface area contributed by atoms with E-state index in [0.717, 1.165) is 125 Å². The average molecular weight is 803 g/mol. The molecule has 12 rings (SSSR count). The summed E-state index contributed by atoms with van der Waals surface area (Å²) in [7, 11) is 0. The lowest BCUT2D eigenvalue weighted by molar-refractivity contribution is 0.375. The van der Waals surface area contributed by atoms with Crippen molar-refractivity contribution in [2.75, 3.05) is 26.2 Å². The standard InChI is InChI=1S/C25H24N6.C24H22N6/c1-16-22(29-15-28-16)25-30-23-21(19-7-6-17-4-2-3-5-18(17)14-19)10-13-27-24(23)31(25)20-8-11-26-12-9-20;1-2-4-17-15-18(6-5-16(17)3-1)20-9-12-28-23-21(20)29-24(22-26-13-14-27-22)30(23)19-7-10-25-11-8-19/h2-7,10,13-15,20,26H,8-9,11-12H2,1H3,(H,28,29);1-6,9,12-15,19,25H,7-8,10-11H2,(H,26,27). The fraction of sp³-hybridized carbons (Fsp3) is 0.224. The number of hydrogen-bond donors (Lipinski definition) is 4. The maximum atomic E-state index is 5.15. The molecule has 0 saturated carbocycles. The van der Waals surface area contributed by atoms with E-state index >= 15 is 0 Å². The number of nitrogens with one attached hydrogen (secondary N) is 4. The van der Waals surface area contributed by atoms with Crippen LogP contribution in [0.4, 0.5) is 0 Å². The van der Waals surface area contributed by atoms with Crippen molar-refractivity contribution in [2.45, 2.75) is 44.7 Å². The number of H-pyrrole nitrogens is 2. The number of fused-ring (bicyclic) bond motifs is 4. The van der Waals surface area contributed by atoms with Gasteiger partial charge in [-0.25, -0.2) is 29.9 Å². The molecule has 12 nitrogen and oxygen atoms in total. The molecular weight excluding hydrogens is 757 g/mol. The molecule has 2 aliphatic heterocycles. The predicted octanol–water partition coefficient (Wildman–Crippen LogP) is 9.44. The Morgan fingerprint density at radius 2 is 1.05 bits per heavy atom. The van der Waals surface area contributed by atoms with Crippen LogP contribution in [0.3, 0.4) is 0 Å². The van der Waals surface area contributed by atoms with Gasteiger partial charge in [0.25, 0.3) is 0 Å². The van der Waals surface area contributed by atoms with Crippen LogP contribution in [0.2, 0.25) is 0 Å². The number of aryl methyl sites for hydroxylation is 1. The summed E-state index contributed by atoms with van der Waals surface area (Å²) in [6.45, 7) is 6.08. The second kappa shape index (κ2) is 15.9. The molecule has 0 radical (unpaired) electrons. The van der Waals surface area contributed by atoms with Gasteiger partial charge in [-0.15, -0.1) is 0 Å². The van der Waals surface area contributed by atoms with Crippen molar-refractivity contribution in [3.63, 3.8) is 0 Å². The number of pyridine rings is 2. The zero-order valence-electron chi connectivity index (χ0n) is 34.0. The fourth-order valence-corrected chi connectivity index (χ4v) is 9.29. The second-order valence-electron chi connectivity index (χ2n) is 16.1. The van der Waals surface area contributed by atoms with Gasteiger partial charge in [0.2, 0.25) is 0 Å². The van der Waals surface area contributed by atoms with Crippen LogP contribution in [-0.4, -0.2) is 75.2 Å². The van der Waals surface area contributed by atoms with Gasteiger partial charge in [-0.2, -0.15) is 0 Å². The van der Waals surface area contributed by atoms with Gasteiger partial charge >= 0.3 is 0 Å². The molecule has 302 valence electrons. The first-order valence-corrected chi connectivity index (χ1v) is 21.3. The highest BCUT2D eigenvalue weighted by molar-refractivity contribution is 5.97. The minimum Gasteiger partial charge on any atom is -0.348 e. The Hall–Kier alpha value is -7.02. The first-order chi connectivity index (χ1) is 30.2. The van der Waals surface area contributed by atoms with Crippen LogP contribution in [0.5, 0.6) is 0 Å². The van der Waals surface area contributed by atoms with Crippen LogP contribution < -0.4 is 10.6 Å². The molecule has 12 heteroatoms. The number of rotatable bonds is 6. The van der Waals surface area contributed by atoms with Crippen molar-refractivity contribution in [3.05, 3.63) is 134 Å². The Morgan fingerprint density at radius 1 is 0.525 bits per heavy atom. The van der Waals surface area contributed by atoms with Crippen LogP contribution in [0.1, 0.15) is 43.5 Å². The number of aromatic nitrogens is 10. The summed E-state index contributed by atoms with van der Waals surface area (Å²) in [5.74, 6) is 2.56. The highest BCUT2D eigenvalue weighted by Crippen LogP contribution is 2.38. The van der Waals surface area contributed by atoms with E-state index in [1.54, 1.807) is 12.5 Å². The van der Waals surface area contributed by atoms with Crippen LogP contribution >= 0.6 is 0 Å². The molecule has 0 bridgehead atoms. The number of benzene rings is 4. The van der Waals surface area contributed by atoms with Gasteiger partial charge in [0.1, 0.15) is 16.7 Å². The normalized spacial score (nSPS) is 15.2. The third-order valence-corrected chi connectivity index (χ3v) is 12.4. The molecule has 2 aliphatic rings. The number of aromatic amines is 2. The molecule has 2 saturated heterocycles. The van der Waals surface area contributed by atoms with E-state index < -0.39 is 0 Å². The molecule has 6 aromatic heterocycles. The SMILES string of the molecule is Cc1[nH]cnc1-c1nc2c(-c3ccc4ccccc4c3)ccnc2n1C1CCNCC1.c1ccc2cc(-c3ccnc4c3nc(-c3ncc[nH]3)n4C3CCNCC3)ccc2c1. The van der Waals surface area contributed by atoms with E-state index in [-0.39, 0.29) is 0 Å². The summed E-state index contributed by atoms with van der Waals surface area (Å²) < 4.78 is 4.61. The van der Waals surface area contributed by atoms with E-state index in [2.05, 4.69) is 137 Å². The smallest absolute Gasteiger partial charge is 0.178 e. The first kappa shape index (κ1) is 37.0. The summed E-state index contributed by atoms with van der Waals surface area (Å²) >= 11 is 0. The Balaban J connectivity index is 0.000000138.